The maximum absolute atomic E-state index is 13.6. The number of allylic oxidation sites excluding steroid dienone is 1. The van der Waals surface area contributed by atoms with Crippen molar-refractivity contribution < 1.29 is 66.3 Å². The second kappa shape index (κ2) is 8.05. The minimum absolute atomic E-state index is 0.0890. The molecule has 2 rings (SSSR count). The fraction of sp³-hybridized carbons (Fsp3) is 0.333. The van der Waals surface area contributed by atoms with Gasteiger partial charge in [0.2, 0.25) is 5.83 Å². The van der Waals surface area contributed by atoms with Gasteiger partial charge in [0, 0.05) is 5.56 Å². The third-order valence-electron chi connectivity index (χ3n) is 3.82. The Labute approximate surface area is 176 Å². The number of thioether (sulfide) groups is 1. The van der Waals surface area contributed by atoms with Crippen molar-refractivity contribution in [3.63, 3.8) is 0 Å². The lowest BCUT2D eigenvalue weighted by atomic mass is 9.97. The number of benzene rings is 1. The molecule has 1 aromatic carbocycles. The van der Waals surface area contributed by atoms with E-state index >= 15 is 0 Å². The minimum atomic E-state index is -6.69. The fourth-order valence-electron chi connectivity index (χ4n) is 2.38. The van der Waals surface area contributed by atoms with E-state index in [4.69, 9.17) is 0 Å². The zero-order chi connectivity index (χ0) is 25.8. The summed E-state index contributed by atoms with van der Waals surface area (Å²) >= 11 is -1.19. The van der Waals surface area contributed by atoms with Gasteiger partial charge in [-0.05, 0) is 18.2 Å². The standard InChI is InChI=1S/C15H4F14N2OS/c16-6-2-1-4(3-5(6)12(18,19)20)9(32)30-10-31-11(14(24,25)26,15(27,28)29)8(33-10)7(17)13(21,22)23/h1-3H,(H,30,31,32)/b8-7+. The number of hydrogen-bond donors (Lipinski definition) is 1. The molecule has 1 N–H and O–H groups in total. The summed E-state index contributed by atoms with van der Waals surface area (Å²) in [5.74, 6) is -7.60. The third kappa shape index (κ3) is 4.89. The van der Waals surface area contributed by atoms with Crippen molar-refractivity contribution in [2.75, 3.05) is 0 Å². The first-order valence-electron chi connectivity index (χ1n) is 7.69. The molecular formula is C15H4F14N2OS. The Balaban J connectivity index is 2.60. The molecule has 0 spiro atoms. The summed E-state index contributed by atoms with van der Waals surface area (Å²) < 4.78 is 183. The molecule has 0 radical (unpaired) electrons. The highest BCUT2D eigenvalue weighted by Crippen LogP contribution is 2.59. The van der Waals surface area contributed by atoms with E-state index in [-0.39, 0.29) is 12.1 Å². The lowest BCUT2D eigenvalue weighted by molar-refractivity contribution is -0.280. The number of nitrogens with zero attached hydrogens (tertiary/aromatic N) is 1. The Kier molecular flexibility index (Phi) is 6.52. The summed E-state index contributed by atoms with van der Waals surface area (Å²) in [6, 6.07) is 0.262. The summed E-state index contributed by atoms with van der Waals surface area (Å²) in [4.78, 5) is 11.0. The zero-order valence-electron chi connectivity index (χ0n) is 14.8. The quantitative estimate of drug-likeness (QED) is 0.438. The second-order valence-electron chi connectivity index (χ2n) is 6.01. The number of carbonyl (C=O) groups is 1. The number of nitrogens with one attached hydrogen (secondary N) is 1. The van der Waals surface area contributed by atoms with Gasteiger partial charge in [-0.25, -0.2) is 13.8 Å². The molecule has 0 saturated heterocycles. The van der Waals surface area contributed by atoms with Crippen LogP contribution in [-0.4, -0.2) is 35.1 Å². The summed E-state index contributed by atoms with van der Waals surface area (Å²) in [5.41, 5.74) is -8.97. The van der Waals surface area contributed by atoms with Crippen LogP contribution >= 0.6 is 11.8 Å². The molecule has 0 aromatic heterocycles. The average Bonchev–Trinajstić information content (AvgIpc) is 2.99. The number of carbonyl (C=O) groups excluding carboxylic acids is 1. The molecule has 0 atom stereocenters. The Bertz CT molecular complexity index is 1000. The predicted molar refractivity (Wildman–Crippen MR) is 82.9 cm³/mol. The number of hydrogen-bond acceptors (Lipinski definition) is 3. The molecule has 1 aliphatic rings. The normalized spacial score (nSPS) is 18.8. The third-order valence-corrected chi connectivity index (χ3v) is 4.89. The molecule has 0 unspecified atom stereocenters. The predicted octanol–water partition coefficient (Wildman–Crippen LogP) is 6.28. The van der Waals surface area contributed by atoms with Crippen LogP contribution < -0.4 is 5.32 Å². The minimum Gasteiger partial charge on any atom is -0.301 e. The first-order chi connectivity index (χ1) is 14.6. The van der Waals surface area contributed by atoms with E-state index in [9.17, 15) is 66.3 Å². The molecule has 1 aliphatic heterocycles. The second-order valence-corrected chi connectivity index (χ2v) is 7.01. The van der Waals surface area contributed by atoms with Gasteiger partial charge in [-0.15, -0.1) is 0 Å². The number of halogens is 14. The van der Waals surface area contributed by atoms with Crippen LogP contribution in [0, 0.1) is 5.82 Å². The molecule has 3 nitrogen and oxygen atoms in total. The molecule has 0 aliphatic carbocycles. The van der Waals surface area contributed by atoms with Gasteiger partial charge in [0.15, 0.2) is 5.17 Å². The van der Waals surface area contributed by atoms with Gasteiger partial charge in [0.25, 0.3) is 11.4 Å². The summed E-state index contributed by atoms with van der Waals surface area (Å²) in [6.07, 6.45) is -25.1. The van der Waals surface area contributed by atoms with Gasteiger partial charge >= 0.3 is 24.7 Å². The fourth-order valence-corrected chi connectivity index (χ4v) is 3.53. The van der Waals surface area contributed by atoms with E-state index in [0.717, 1.165) is 5.32 Å². The van der Waals surface area contributed by atoms with Crippen LogP contribution in [0.3, 0.4) is 0 Å². The van der Waals surface area contributed by atoms with E-state index in [1.54, 1.807) is 0 Å². The van der Waals surface area contributed by atoms with Gasteiger partial charge in [0.1, 0.15) is 5.82 Å². The molecule has 0 bridgehead atoms. The van der Waals surface area contributed by atoms with Crippen LogP contribution in [0.4, 0.5) is 61.5 Å². The van der Waals surface area contributed by atoms with Crippen molar-refractivity contribution in [2.24, 2.45) is 4.99 Å². The van der Waals surface area contributed by atoms with Crippen molar-refractivity contribution in [3.05, 3.63) is 45.9 Å². The molecular weight excluding hydrogens is 522 g/mol. The van der Waals surface area contributed by atoms with Crippen molar-refractivity contribution in [3.8, 4) is 0 Å². The van der Waals surface area contributed by atoms with Crippen molar-refractivity contribution in [1.29, 1.82) is 0 Å². The Hall–Kier alpha value is -2.53. The maximum Gasteiger partial charge on any atom is 0.443 e. The highest BCUT2D eigenvalue weighted by Gasteiger charge is 2.77. The highest BCUT2D eigenvalue weighted by molar-refractivity contribution is 8.17. The number of rotatable bonds is 1. The Morgan fingerprint density at radius 3 is 1.85 bits per heavy atom. The van der Waals surface area contributed by atoms with Crippen LogP contribution in [-0.2, 0) is 6.18 Å². The van der Waals surface area contributed by atoms with Crippen LogP contribution in [0.25, 0.3) is 0 Å². The van der Waals surface area contributed by atoms with Crippen LogP contribution in [0.5, 0.6) is 0 Å². The molecule has 1 amide bonds. The molecule has 1 aromatic rings. The highest BCUT2D eigenvalue weighted by atomic mass is 32.2. The summed E-state index contributed by atoms with van der Waals surface area (Å²) in [7, 11) is 0. The summed E-state index contributed by atoms with van der Waals surface area (Å²) in [6.45, 7) is 0. The van der Waals surface area contributed by atoms with Crippen molar-refractivity contribution >= 4 is 22.8 Å². The Morgan fingerprint density at radius 1 is 0.909 bits per heavy atom. The molecule has 0 fully saturated rings. The van der Waals surface area contributed by atoms with E-state index in [1.807, 2.05) is 4.99 Å². The van der Waals surface area contributed by atoms with Gasteiger partial charge in [-0.3, -0.25) is 4.79 Å². The summed E-state index contributed by atoms with van der Waals surface area (Å²) in [5, 5.41) is -0.715. The molecule has 0 saturated carbocycles. The Morgan fingerprint density at radius 2 is 1.42 bits per heavy atom. The van der Waals surface area contributed by atoms with Gasteiger partial charge in [-0.1, -0.05) is 11.8 Å². The largest absolute Gasteiger partial charge is 0.443 e. The zero-order valence-corrected chi connectivity index (χ0v) is 15.6. The lowest BCUT2D eigenvalue weighted by Gasteiger charge is -2.31. The smallest absolute Gasteiger partial charge is 0.301 e. The van der Waals surface area contributed by atoms with Crippen molar-refractivity contribution in [2.45, 2.75) is 30.2 Å². The topological polar surface area (TPSA) is 41.5 Å². The monoisotopic (exact) mass is 526 g/mol. The first kappa shape index (κ1) is 26.7. The van der Waals surface area contributed by atoms with Gasteiger partial charge in [-0.2, -0.15) is 52.7 Å². The van der Waals surface area contributed by atoms with E-state index < -0.39 is 80.8 Å². The van der Waals surface area contributed by atoms with E-state index in [2.05, 4.69) is 0 Å². The molecule has 184 valence electrons. The maximum atomic E-state index is 13.6. The molecule has 1 heterocycles. The number of aliphatic imine (C=N–C) groups is 1. The van der Waals surface area contributed by atoms with Gasteiger partial charge in [0.05, 0.1) is 10.5 Å². The van der Waals surface area contributed by atoms with E-state index in [0.29, 0.717) is 6.07 Å². The number of alkyl halides is 12. The van der Waals surface area contributed by atoms with Crippen LogP contribution in [0.1, 0.15) is 15.9 Å². The number of amides is 1. The molecule has 33 heavy (non-hydrogen) atoms. The van der Waals surface area contributed by atoms with Crippen molar-refractivity contribution in [1.82, 2.24) is 5.32 Å². The van der Waals surface area contributed by atoms with Crippen LogP contribution in [0.15, 0.2) is 33.9 Å². The SMILES string of the molecule is O=C(NC1=NC(C(F)(F)F)(C(F)(F)F)/C(=C(\F)C(F)(F)F)S1)c1ccc(F)c(C(F)(F)F)c1. The van der Waals surface area contributed by atoms with Crippen LogP contribution in [0.2, 0.25) is 0 Å². The average molecular weight is 526 g/mol. The number of amidine groups is 1. The van der Waals surface area contributed by atoms with E-state index in [1.165, 1.54) is 0 Å². The lowest BCUT2D eigenvalue weighted by Crippen LogP contribution is -2.55. The first-order valence-corrected chi connectivity index (χ1v) is 8.51. The molecule has 18 heteroatoms. The van der Waals surface area contributed by atoms with Gasteiger partial charge < -0.3 is 5.32 Å².